The maximum atomic E-state index is 12.9. The maximum absolute atomic E-state index is 12.9. The number of carbonyl (C=O) groups excluding carboxylic acids is 1. The number of para-hydroxylation sites is 1. The van der Waals surface area contributed by atoms with Crippen LogP contribution in [0.1, 0.15) is 25.7 Å². The molecule has 1 aromatic heterocycles. The molecule has 0 saturated carbocycles. The number of rotatable bonds is 7. The van der Waals surface area contributed by atoms with E-state index < -0.39 is 0 Å². The van der Waals surface area contributed by atoms with Gasteiger partial charge in [-0.3, -0.25) is 9.69 Å². The van der Waals surface area contributed by atoms with Gasteiger partial charge in [0.1, 0.15) is 0 Å². The van der Waals surface area contributed by atoms with Crippen LogP contribution in [-0.2, 0) is 11.3 Å². The molecule has 1 atom stereocenters. The summed E-state index contributed by atoms with van der Waals surface area (Å²) in [6.07, 6.45) is 1.84. The van der Waals surface area contributed by atoms with Gasteiger partial charge in [0.15, 0.2) is 0 Å². The molecule has 1 saturated heterocycles. The van der Waals surface area contributed by atoms with Gasteiger partial charge >= 0.3 is 0 Å². The summed E-state index contributed by atoms with van der Waals surface area (Å²) in [4.78, 5) is 20.7. The monoisotopic (exact) mass is 456 g/mol. The average molecular weight is 457 g/mol. The Balaban J connectivity index is 1.37. The third-order valence-corrected chi connectivity index (χ3v) is 6.42. The van der Waals surface area contributed by atoms with E-state index in [1.807, 2.05) is 48.5 Å². The van der Waals surface area contributed by atoms with Crippen molar-refractivity contribution in [1.82, 2.24) is 15.0 Å². The van der Waals surface area contributed by atoms with Crippen LogP contribution < -0.4 is 5.32 Å². The first-order valence-electron chi connectivity index (χ1n) is 10.5. The number of nitrogens with zero attached hydrogens (tertiary/aromatic N) is 3. The molecule has 4 rings (SSSR count). The molecular weight excluding hydrogens is 432 g/mol. The number of hydrogen-bond donors (Lipinski definition) is 1. The summed E-state index contributed by atoms with van der Waals surface area (Å²) in [6.45, 7) is 4.21. The number of amides is 1. The van der Waals surface area contributed by atoms with E-state index in [9.17, 15) is 4.79 Å². The van der Waals surface area contributed by atoms with Gasteiger partial charge in [-0.2, -0.15) is 4.98 Å². The highest BCUT2D eigenvalue weighted by Gasteiger charge is 2.27. The molecule has 0 bridgehead atoms. The lowest BCUT2D eigenvalue weighted by molar-refractivity contribution is -0.121. The number of piperidine rings is 1. The molecule has 162 valence electrons. The Labute approximate surface area is 191 Å². The molecule has 2 heterocycles. The largest absolute Gasteiger partial charge is 0.338 e. The zero-order chi connectivity index (χ0) is 21.6. The van der Waals surface area contributed by atoms with E-state index in [0.29, 0.717) is 29.8 Å². The van der Waals surface area contributed by atoms with Crippen molar-refractivity contribution in [3.8, 4) is 11.4 Å². The third kappa shape index (κ3) is 5.67. The SMILES string of the molecule is CCSc1ccccc1NC(=O)C1CCCN(Cc2nc(-c3cccc(Cl)c3)no2)C1. The van der Waals surface area contributed by atoms with Crippen LogP contribution in [0.3, 0.4) is 0 Å². The Bertz CT molecular complexity index is 1040. The lowest BCUT2D eigenvalue weighted by Crippen LogP contribution is -2.40. The van der Waals surface area contributed by atoms with E-state index in [4.69, 9.17) is 16.1 Å². The zero-order valence-electron chi connectivity index (χ0n) is 17.4. The standard InChI is InChI=1S/C23H25ClN4O2S/c1-2-31-20-11-4-3-10-19(20)25-23(29)17-8-6-12-28(14-17)15-21-26-22(27-30-21)16-7-5-9-18(24)13-16/h3-5,7,9-11,13,17H,2,6,8,12,14-15H2,1H3,(H,25,29). The molecule has 0 spiro atoms. The molecule has 31 heavy (non-hydrogen) atoms. The number of likely N-dealkylation sites (tertiary alicyclic amines) is 1. The van der Waals surface area contributed by atoms with Crippen LogP contribution in [-0.4, -0.2) is 39.8 Å². The van der Waals surface area contributed by atoms with Crippen LogP contribution in [0.15, 0.2) is 57.9 Å². The lowest BCUT2D eigenvalue weighted by atomic mass is 9.97. The summed E-state index contributed by atoms with van der Waals surface area (Å²) in [5.41, 5.74) is 1.71. The average Bonchev–Trinajstić information content (AvgIpc) is 3.24. The molecule has 1 amide bonds. The number of anilines is 1. The van der Waals surface area contributed by atoms with Gasteiger partial charge in [0.2, 0.25) is 17.6 Å². The molecule has 1 unspecified atom stereocenters. The van der Waals surface area contributed by atoms with E-state index in [-0.39, 0.29) is 11.8 Å². The normalized spacial score (nSPS) is 16.9. The second kappa shape index (κ2) is 10.3. The van der Waals surface area contributed by atoms with Crippen LogP contribution in [0.5, 0.6) is 0 Å². The predicted molar refractivity (Wildman–Crippen MR) is 124 cm³/mol. The fourth-order valence-corrected chi connectivity index (χ4v) is 4.71. The molecule has 1 fully saturated rings. The number of benzene rings is 2. The Kier molecular flexibility index (Phi) is 7.27. The highest BCUT2D eigenvalue weighted by atomic mass is 35.5. The molecule has 6 nitrogen and oxygen atoms in total. The van der Waals surface area contributed by atoms with Crippen LogP contribution in [0.2, 0.25) is 5.02 Å². The van der Waals surface area contributed by atoms with E-state index >= 15 is 0 Å². The highest BCUT2D eigenvalue weighted by Crippen LogP contribution is 2.28. The van der Waals surface area contributed by atoms with E-state index in [2.05, 4.69) is 27.3 Å². The van der Waals surface area contributed by atoms with Crippen molar-refractivity contribution < 1.29 is 9.32 Å². The second-order valence-electron chi connectivity index (χ2n) is 7.51. The summed E-state index contributed by atoms with van der Waals surface area (Å²) in [5, 5.41) is 7.84. The third-order valence-electron chi connectivity index (χ3n) is 5.23. The first kappa shape index (κ1) is 21.9. The molecule has 0 radical (unpaired) electrons. The van der Waals surface area contributed by atoms with Crippen molar-refractivity contribution in [2.45, 2.75) is 31.2 Å². The zero-order valence-corrected chi connectivity index (χ0v) is 19.0. The van der Waals surface area contributed by atoms with Crippen molar-refractivity contribution in [1.29, 1.82) is 0 Å². The quantitative estimate of drug-likeness (QED) is 0.483. The van der Waals surface area contributed by atoms with Gasteiger partial charge < -0.3 is 9.84 Å². The van der Waals surface area contributed by atoms with Crippen LogP contribution in [0, 0.1) is 5.92 Å². The van der Waals surface area contributed by atoms with Crippen molar-refractivity contribution in [2.24, 2.45) is 5.92 Å². The minimum absolute atomic E-state index is 0.0660. The van der Waals surface area contributed by atoms with Crippen molar-refractivity contribution in [3.63, 3.8) is 0 Å². The molecule has 0 aliphatic carbocycles. The predicted octanol–water partition coefficient (Wildman–Crippen LogP) is 5.35. The Hall–Kier alpha value is -2.35. The number of carbonyl (C=O) groups is 1. The molecule has 1 N–H and O–H groups in total. The van der Waals surface area contributed by atoms with Crippen molar-refractivity contribution in [2.75, 3.05) is 24.2 Å². The first-order valence-corrected chi connectivity index (χ1v) is 11.8. The van der Waals surface area contributed by atoms with Crippen LogP contribution in [0.25, 0.3) is 11.4 Å². The molecule has 8 heteroatoms. The van der Waals surface area contributed by atoms with E-state index in [0.717, 1.165) is 41.3 Å². The van der Waals surface area contributed by atoms with Gasteiger partial charge in [0.25, 0.3) is 0 Å². The molecule has 1 aliphatic rings. The summed E-state index contributed by atoms with van der Waals surface area (Å²) in [5.74, 6) is 2.03. The minimum atomic E-state index is -0.0660. The van der Waals surface area contributed by atoms with Crippen LogP contribution in [0.4, 0.5) is 5.69 Å². The fourth-order valence-electron chi connectivity index (χ4n) is 3.75. The molecule has 3 aromatic rings. The fraction of sp³-hybridized carbons (Fsp3) is 0.348. The number of aromatic nitrogens is 2. The number of halogens is 1. The number of hydrogen-bond acceptors (Lipinski definition) is 6. The van der Waals surface area contributed by atoms with Crippen molar-refractivity contribution in [3.05, 3.63) is 59.4 Å². The second-order valence-corrected chi connectivity index (χ2v) is 9.26. The lowest BCUT2D eigenvalue weighted by Gasteiger charge is -2.31. The molecular formula is C23H25ClN4O2S. The van der Waals surface area contributed by atoms with Gasteiger partial charge in [-0.05, 0) is 49.4 Å². The van der Waals surface area contributed by atoms with E-state index in [1.165, 1.54) is 0 Å². The topological polar surface area (TPSA) is 71.3 Å². The Morgan fingerprint density at radius 2 is 2.16 bits per heavy atom. The van der Waals surface area contributed by atoms with E-state index in [1.54, 1.807) is 11.8 Å². The minimum Gasteiger partial charge on any atom is -0.338 e. The van der Waals surface area contributed by atoms with Crippen LogP contribution >= 0.6 is 23.4 Å². The maximum Gasteiger partial charge on any atom is 0.241 e. The van der Waals surface area contributed by atoms with Gasteiger partial charge in [-0.1, -0.05) is 47.9 Å². The molecule has 1 aliphatic heterocycles. The summed E-state index contributed by atoms with van der Waals surface area (Å²) in [7, 11) is 0. The van der Waals surface area contributed by atoms with Gasteiger partial charge in [-0.25, -0.2) is 0 Å². The summed E-state index contributed by atoms with van der Waals surface area (Å²) >= 11 is 7.79. The smallest absolute Gasteiger partial charge is 0.241 e. The Morgan fingerprint density at radius 1 is 1.29 bits per heavy atom. The summed E-state index contributed by atoms with van der Waals surface area (Å²) < 4.78 is 5.45. The number of nitrogens with one attached hydrogen (secondary N) is 1. The first-order chi connectivity index (χ1) is 15.1. The van der Waals surface area contributed by atoms with Gasteiger partial charge in [-0.15, -0.1) is 11.8 Å². The van der Waals surface area contributed by atoms with Gasteiger partial charge in [0.05, 0.1) is 18.2 Å². The summed E-state index contributed by atoms with van der Waals surface area (Å²) in [6, 6.07) is 15.3. The molecule has 2 aromatic carbocycles. The highest BCUT2D eigenvalue weighted by molar-refractivity contribution is 7.99. The van der Waals surface area contributed by atoms with Crippen molar-refractivity contribution >= 4 is 35.0 Å². The van der Waals surface area contributed by atoms with Gasteiger partial charge in [0, 0.05) is 22.0 Å². The number of thioether (sulfide) groups is 1. The Morgan fingerprint density at radius 3 is 3.00 bits per heavy atom.